The molecule has 0 radical (unpaired) electrons. The van der Waals surface area contributed by atoms with Crippen LogP contribution in [0.2, 0.25) is 10.0 Å². The molecule has 0 fully saturated rings. The molecule has 29 heavy (non-hydrogen) atoms. The normalized spacial score (nSPS) is 10.1. The molecule has 4 rings (SSSR count). The van der Waals surface area contributed by atoms with Gasteiger partial charge in [-0.05, 0) is 81.6 Å². The molecule has 0 saturated carbocycles. The number of aromatic nitrogens is 2. The van der Waals surface area contributed by atoms with Gasteiger partial charge in [0.15, 0.2) is 11.5 Å². The summed E-state index contributed by atoms with van der Waals surface area (Å²) in [5, 5.41) is 3.26. The van der Waals surface area contributed by atoms with E-state index in [1.807, 2.05) is 36.4 Å². The van der Waals surface area contributed by atoms with Gasteiger partial charge in [0, 0.05) is 23.2 Å². The second-order valence-electron chi connectivity index (χ2n) is 5.55. The third-order valence-corrected chi connectivity index (χ3v) is 6.14. The van der Waals surface area contributed by atoms with E-state index in [2.05, 4.69) is 55.1 Å². The van der Waals surface area contributed by atoms with Crippen molar-refractivity contribution in [3.8, 4) is 11.5 Å². The first-order valence-corrected chi connectivity index (χ1v) is 10.9. The Bertz CT molecular complexity index is 1070. The Morgan fingerprint density at radius 2 is 1.14 bits per heavy atom. The number of benzene rings is 2. The van der Waals surface area contributed by atoms with Gasteiger partial charge in [-0.15, -0.1) is 0 Å². The van der Waals surface area contributed by atoms with E-state index in [-0.39, 0.29) is 17.1 Å². The van der Waals surface area contributed by atoms with Gasteiger partial charge in [-0.1, -0.05) is 23.2 Å². The first-order valence-electron chi connectivity index (χ1n) is 8.01. The van der Waals surface area contributed by atoms with E-state index in [1.165, 1.54) is 0 Å². The van der Waals surface area contributed by atoms with Crippen LogP contribution >= 0.6 is 68.4 Å². The Morgan fingerprint density at radius 1 is 0.759 bits per heavy atom. The standard InChI is InChI=1S/2C10H7ClINO.Fe/c2*1-14-10-8(12)5-7(11)6-3-2-4-13-9(6)10;/h2*2-5H,1H3;/q;;+2/i2*1-1;. The van der Waals surface area contributed by atoms with Crippen LogP contribution in [-0.4, -0.2) is 24.2 Å². The zero-order valence-corrected chi connectivity index (χ0v) is 22.1. The molecule has 0 N–H and O–H groups in total. The fraction of sp³-hybridized carbons (Fsp3) is 0.100. The summed E-state index contributed by atoms with van der Waals surface area (Å²) in [5.41, 5.74) is 1.62. The molecule has 2 aromatic carbocycles. The van der Waals surface area contributed by atoms with Gasteiger partial charge < -0.3 is 9.47 Å². The second kappa shape index (κ2) is 11.2. The van der Waals surface area contributed by atoms with Crippen LogP contribution in [0.4, 0.5) is 0 Å². The van der Waals surface area contributed by atoms with Crippen LogP contribution in [0.15, 0.2) is 48.8 Å². The largest absolute Gasteiger partial charge is 2.00 e. The van der Waals surface area contributed by atoms with Gasteiger partial charge in [-0.3, -0.25) is 9.97 Å². The molecular formula is C20H14Cl2FeI2N2O2+2. The molecule has 2 aromatic heterocycles. The van der Waals surface area contributed by atoms with Crippen molar-refractivity contribution in [2.24, 2.45) is 0 Å². The van der Waals surface area contributed by atoms with Crippen molar-refractivity contribution in [1.82, 2.24) is 9.97 Å². The molecule has 4 aromatic rings. The third kappa shape index (κ3) is 5.37. The summed E-state index contributed by atoms with van der Waals surface area (Å²) in [5.74, 6) is 1.57. The zero-order valence-electron chi connectivity index (χ0n) is 15.2. The van der Waals surface area contributed by atoms with Gasteiger partial charge in [0.05, 0.1) is 31.4 Å². The second-order valence-corrected chi connectivity index (χ2v) is 8.68. The SMILES string of the molecule is [11CH3]Oc1c(I)cc(Cl)c2cccnc12.[11CH3]Oc1c(I)cc(Cl)c2cccnc12.[Fe+2]. The Balaban J connectivity index is 0.000000200. The number of methoxy groups -OCH3 is 2. The van der Waals surface area contributed by atoms with Crippen molar-refractivity contribution < 1.29 is 26.5 Å². The summed E-state index contributed by atoms with van der Waals surface area (Å²) in [4.78, 5) is 8.52. The fourth-order valence-electron chi connectivity index (χ4n) is 2.68. The summed E-state index contributed by atoms with van der Waals surface area (Å²) in [6.45, 7) is 0. The third-order valence-electron chi connectivity index (χ3n) is 3.91. The van der Waals surface area contributed by atoms with Crippen molar-refractivity contribution in [3.05, 3.63) is 66.0 Å². The minimum absolute atomic E-state index is 0. The number of rotatable bonds is 2. The monoisotopic (exact) mass is 692 g/mol. The molecule has 0 spiro atoms. The molecular weight excluding hydrogens is 679 g/mol. The predicted octanol–water partition coefficient (Wildman–Crippen LogP) is 7.00. The van der Waals surface area contributed by atoms with Gasteiger partial charge in [0.1, 0.15) is 11.0 Å². The Morgan fingerprint density at radius 3 is 1.48 bits per heavy atom. The van der Waals surface area contributed by atoms with E-state index in [0.29, 0.717) is 10.0 Å². The van der Waals surface area contributed by atoms with Crippen molar-refractivity contribution >= 4 is 90.2 Å². The van der Waals surface area contributed by atoms with E-state index in [0.717, 1.165) is 40.4 Å². The van der Waals surface area contributed by atoms with E-state index in [1.54, 1.807) is 26.6 Å². The number of ether oxygens (including phenoxy) is 2. The van der Waals surface area contributed by atoms with Crippen LogP contribution in [0.3, 0.4) is 0 Å². The van der Waals surface area contributed by atoms with Crippen molar-refractivity contribution in [1.29, 1.82) is 0 Å². The maximum absolute atomic E-state index is 6.09. The molecule has 0 atom stereocenters. The smallest absolute Gasteiger partial charge is 0.493 e. The van der Waals surface area contributed by atoms with Gasteiger partial charge >= 0.3 is 17.1 Å². The summed E-state index contributed by atoms with van der Waals surface area (Å²) in [6, 6.07) is 11.4. The van der Waals surface area contributed by atoms with Gasteiger partial charge in [0.2, 0.25) is 0 Å². The minimum atomic E-state index is 0. The maximum Gasteiger partial charge on any atom is 2.00 e. The molecule has 0 bridgehead atoms. The molecule has 9 heteroatoms. The Hall–Kier alpha value is -0.581. The van der Waals surface area contributed by atoms with Crippen LogP contribution in [-0.2, 0) is 17.1 Å². The van der Waals surface area contributed by atoms with Crippen LogP contribution in [0, 0.1) is 7.14 Å². The van der Waals surface area contributed by atoms with Crippen LogP contribution in [0.5, 0.6) is 11.5 Å². The number of hydrogen-bond donors (Lipinski definition) is 0. The van der Waals surface area contributed by atoms with E-state index in [9.17, 15) is 0 Å². The van der Waals surface area contributed by atoms with Crippen molar-refractivity contribution in [2.75, 3.05) is 14.2 Å². The van der Waals surface area contributed by atoms with Crippen molar-refractivity contribution in [2.45, 2.75) is 0 Å². The summed E-state index contributed by atoms with van der Waals surface area (Å²) < 4.78 is 12.5. The fourth-order valence-corrected chi connectivity index (χ4v) is 5.15. The predicted molar refractivity (Wildman–Crippen MR) is 132 cm³/mol. The van der Waals surface area contributed by atoms with Gasteiger partial charge in [-0.25, -0.2) is 0 Å². The molecule has 4 nitrogen and oxygen atoms in total. The van der Waals surface area contributed by atoms with Crippen LogP contribution in [0.25, 0.3) is 21.8 Å². The van der Waals surface area contributed by atoms with Crippen molar-refractivity contribution in [3.63, 3.8) is 0 Å². The molecule has 0 aliphatic rings. The first kappa shape index (κ1) is 24.7. The van der Waals surface area contributed by atoms with E-state index >= 15 is 0 Å². The summed E-state index contributed by atoms with van der Waals surface area (Å²) in [7, 11) is 3.28. The summed E-state index contributed by atoms with van der Waals surface area (Å²) in [6.07, 6.45) is 3.47. The molecule has 2 heterocycles. The molecule has 0 aliphatic carbocycles. The minimum Gasteiger partial charge on any atom is -0.493 e. The Kier molecular flexibility index (Phi) is 9.50. The molecule has 0 saturated heterocycles. The van der Waals surface area contributed by atoms with Crippen LogP contribution < -0.4 is 9.47 Å². The average molecular weight is 693 g/mol. The quantitative estimate of drug-likeness (QED) is 0.168. The zero-order chi connectivity index (χ0) is 20.3. The molecule has 0 aliphatic heterocycles. The van der Waals surface area contributed by atoms with Gasteiger partial charge in [0.25, 0.3) is 0 Å². The number of halogens is 4. The number of fused-ring (bicyclic) bond motifs is 2. The number of hydrogen-bond acceptors (Lipinski definition) is 4. The average Bonchev–Trinajstić information content (AvgIpc) is 2.69. The molecule has 0 amide bonds. The molecule has 0 unspecified atom stereocenters. The van der Waals surface area contributed by atoms with E-state index in [4.69, 9.17) is 32.7 Å². The first-order chi connectivity index (χ1) is 13.5. The van der Waals surface area contributed by atoms with E-state index < -0.39 is 0 Å². The van der Waals surface area contributed by atoms with Crippen LogP contribution in [0.1, 0.15) is 0 Å². The topological polar surface area (TPSA) is 44.2 Å². The molecule has 150 valence electrons. The Labute approximate surface area is 216 Å². The van der Waals surface area contributed by atoms with Gasteiger partial charge in [-0.2, -0.15) is 0 Å². The number of pyridine rings is 2. The number of nitrogens with zero attached hydrogens (tertiary/aromatic N) is 2. The summed E-state index contributed by atoms with van der Waals surface area (Å²) >= 11 is 16.6. The maximum atomic E-state index is 6.09.